The first kappa shape index (κ1) is 13.4. The van der Waals surface area contributed by atoms with Crippen LogP contribution in [0.5, 0.6) is 0 Å². The van der Waals surface area contributed by atoms with Gasteiger partial charge in [0.15, 0.2) is 0 Å². The van der Waals surface area contributed by atoms with Crippen molar-refractivity contribution in [3.05, 3.63) is 0 Å². The van der Waals surface area contributed by atoms with Gasteiger partial charge < -0.3 is 10.2 Å². The Morgan fingerprint density at radius 1 is 1.22 bits per heavy atom. The maximum atomic E-state index is 12.1. The van der Waals surface area contributed by atoms with Gasteiger partial charge in [-0.3, -0.25) is 9.59 Å². The van der Waals surface area contributed by atoms with Crippen LogP contribution in [0.3, 0.4) is 0 Å². The maximum Gasteiger partial charge on any atom is 0.239 e. The third kappa shape index (κ3) is 4.00. The molecule has 102 valence electrons. The van der Waals surface area contributed by atoms with Crippen LogP contribution in [0.4, 0.5) is 0 Å². The number of carbonyl (C=O) groups excluding carboxylic acids is 2. The minimum absolute atomic E-state index is 0.0153. The minimum Gasteiger partial charge on any atom is -0.354 e. The Kier molecular flexibility index (Phi) is 5.02. The maximum absolute atomic E-state index is 12.1. The van der Waals surface area contributed by atoms with Crippen LogP contribution in [0.25, 0.3) is 0 Å². The lowest BCUT2D eigenvalue weighted by Crippen LogP contribution is -2.37. The van der Waals surface area contributed by atoms with Gasteiger partial charge >= 0.3 is 0 Å². The second-order valence-corrected chi connectivity index (χ2v) is 5.56. The van der Waals surface area contributed by atoms with Gasteiger partial charge in [0.1, 0.15) is 0 Å². The molecule has 4 heteroatoms. The van der Waals surface area contributed by atoms with E-state index in [-0.39, 0.29) is 18.4 Å². The molecule has 0 bridgehead atoms. The van der Waals surface area contributed by atoms with Crippen molar-refractivity contribution in [3.63, 3.8) is 0 Å². The first-order valence-electron chi connectivity index (χ1n) is 7.30. The number of carbonyl (C=O) groups is 2. The van der Waals surface area contributed by atoms with Crippen molar-refractivity contribution in [1.82, 2.24) is 10.2 Å². The molecule has 0 aromatic rings. The van der Waals surface area contributed by atoms with E-state index >= 15 is 0 Å². The van der Waals surface area contributed by atoms with Crippen LogP contribution in [0.2, 0.25) is 0 Å². The van der Waals surface area contributed by atoms with Crippen LogP contribution >= 0.6 is 0 Å². The smallest absolute Gasteiger partial charge is 0.239 e. The first-order chi connectivity index (χ1) is 8.75. The van der Waals surface area contributed by atoms with Crippen molar-refractivity contribution in [3.8, 4) is 0 Å². The van der Waals surface area contributed by atoms with E-state index in [1.807, 2.05) is 0 Å². The molecule has 2 aliphatic rings. The lowest BCUT2D eigenvalue weighted by molar-refractivity contribution is -0.135. The predicted molar refractivity (Wildman–Crippen MR) is 70.0 cm³/mol. The number of hydrogen-bond acceptors (Lipinski definition) is 2. The van der Waals surface area contributed by atoms with Crippen molar-refractivity contribution in [2.75, 3.05) is 19.6 Å². The lowest BCUT2D eigenvalue weighted by atomic mass is 9.86. The molecule has 1 saturated heterocycles. The summed E-state index contributed by atoms with van der Waals surface area (Å²) in [5.74, 6) is 0.889. The summed E-state index contributed by atoms with van der Waals surface area (Å²) in [6.45, 7) is 1.68. The lowest BCUT2D eigenvalue weighted by Gasteiger charge is -2.23. The number of rotatable bonds is 3. The average Bonchev–Trinajstić information content (AvgIpc) is 2.62. The largest absolute Gasteiger partial charge is 0.354 e. The van der Waals surface area contributed by atoms with Crippen molar-refractivity contribution < 1.29 is 9.59 Å². The minimum atomic E-state index is -0.0153. The Labute approximate surface area is 109 Å². The van der Waals surface area contributed by atoms with Gasteiger partial charge in [-0.2, -0.15) is 0 Å². The van der Waals surface area contributed by atoms with Crippen LogP contribution < -0.4 is 5.32 Å². The number of nitrogens with zero attached hydrogens (tertiary/aromatic N) is 1. The average molecular weight is 252 g/mol. The molecule has 1 N–H and O–H groups in total. The normalized spacial score (nSPS) is 22.4. The summed E-state index contributed by atoms with van der Waals surface area (Å²) in [6.07, 6.45) is 9.09. The molecule has 1 heterocycles. The van der Waals surface area contributed by atoms with Gasteiger partial charge in [-0.15, -0.1) is 0 Å². The number of hydrogen-bond donors (Lipinski definition) is 1. The molecule has 0 unspecified atom stereocenters. The second kappa shape index (κ2) is 6.76. The molecule has 18 heavy (non-hydrogen) atoms. The Morgan fingerprint density at radius 2 is 2.00 bits per heavy atom. The molecule has 0 spiro atoms. The predicted octanol–water partition coefficient (Wildman–Crippen LogP) is 1.70. The molecule has 4 nitrogen and oxygen atoms in total. The van der Waals surface area contributed by atoms with E-state index in [9.17, 15) is 9.59 Å². The monoisotopic (exact) mass is 252 g/mol. The van der Waals surface area contributed by atoms with E-state index in [1.54, 1.807) is 4.90 Å². The Bertz CT molecular complexity index is 298. The van der Waals surface area contributed by atoms with E-state index in [0.717, 1.165) is 25.3 Å². The fourth-order valence-corrected chi connectivity index (χ4v) is 2.98. The van der Waals surface area contributed by atoms with Crippen molar-refractivity contribution >= 4 is 11.8 Å². The zero-order chi connectivity index (χ0) is 12.8. The fraction of sp³-hybridized carbons (Fsp3) is 0.857. The van der Waals surface area contributed by atoms with E-state index < -0.39 is 0 Å². The summed E-state index contributed by atoms with van der Waals surface area (Å²) < 4.78 is 0. The molecule has 2 amide bonds. The summed E-state index contributed by atoms with van der Waals surface area (Å²) in [4.78, 5) is 25.2. The van der Waals surface area contributed by atoms with E-state index in [2.05, 4.69) is 5.32 Å². The second-order valence-electron chi connectivity index (χ2n) is 5.56. The quantitative estimate of drug-likeness (QED) is 0.831. The van der Waals surface area contributed by atoms with Gasteiger partial charge in [0.25, 0.3) is 0 Å². The third-order valence-electron chi connectivity index (χ3n) is 4.11. The van der Waals surface area contributed by atoms with Gasteiger partial charge in [-0.1, -0.05) is 32.1 Å². The Balaban J connectivity index is 1.74. The highest BCUT2D eigenvalue weighted by Gasteiger charge is 2.21. The van der Waals surface area contributed by atoms with Gasteiger partial charge in [0.2, 0.25) is 11.8 Å². The SMILES string of the molecule is O=C1CN(C(=O)CCC2CCCCC2)CCCN1. The van der Waals surface area contributed by atoms with Crippen LogP contribution in [-0.4, -0.2) is 36.3 Å². The van der Waals surface area contributed by atoms with Gasteiger partial charge in [0, 0.05) is 19.5 Å². The highest BCUT2D eigenvalue weighted by atomic mass is 16.2. The van der Waals surface area contributed by atoms with E-state index in [4.69, 9.17) is 0 Å². The number of amides is 2. The highest BCUT2D eigenvalue weighted by Crippen LogP contribution is 2.27. The highest BCUT2D eigenvalue weighted by molar-refractivity contribution is 5.85. The van der Waals surface area contributed by atoms with Crippen LogP contribution in [0.1, 0.15) is 51.4 Å². The molecule has 2 rings (SSSR count). The molecular weight excluding hydrogens is 228 g/mol. The van der Waals surface area contributed by atoms with Crippen LogP contribution in [-0.2, 0) is 9.59 Å². The molecule has 1 saturated carbocycles. The summed E-state index contributed by atoms with van der Waals surface area (Å²) >= 11 is 0. The van der Waals surface area contributed by atoms with Gasteiger partial charge in [-0.05, 0) is 18.8 Å². The van der Waals surface area contributed by atoms with E-state index in [1.165, 1.54) is 32.1 Å². The molecule has 0 aromatic heterocycles. The summed E-state index contributed by atoms with van der Waals surface area (Å²) in [7, 11) is 0. The van der Waals surface area contributed by atoms with Crippen molar-refractivity contribution in [2.24, 2.45) is 5.92 Å². The standard InChI is InChI=1S/C14H24N2O2/c17-13-11-16(10-4-9-15-13)14(18)8-7-12-5-2-1-3-6-12/h12H,1-11H2,(H,15,17). The molecule has 1 aliphatic heterocycles. The fourth-order valence-electron chi connectivity index (χ4n) is 2.98. The van der Waals surface area contributed by atoms with E-state index in [0.29, 0.717) is 13.0 Å². The molecule has 0 aromatic carbocycles. The molecule has 2 fully saturated rings. The summed E-state index contributed by atoms with van der Waals surface area (Å²) in [6, 6.07) is 0. The zero-order valence-electron chi connectivity index (χ0n) is 11.1. The van der Waals surface area contributed by atoms with Crippen LogP contribution in [0, 0.1) is 5.92 Å². The van der Waals surface area contributed by atoms with Crippen molar-refractivity contribution in [2.45, 2.75) is 51.4 Å². The Morgan fingerprint density at radius 3 is 2.78 bits per heavy atom. The third-order valence-corrected chi connectivity index (χ3v) is 4.11. The first-order valence-corrected chi connectivity index (χ1v) is 7.30. The topological polar surface area (TPSA) is 49.4 Å². The summed E-state index contributed by atoms with van der Waals surface area (Å²) in [5.41, 5.74) is 0. The number of nitrogens with one attached hydrogen (secondary N) is 1. The molecule has 0 atom stereocenters. The zero-order valence-corrected chi connectivity index (χ0v) is 11.1. The molecule has 1 aliphatic carbocycles. The van der Waals surface area contributed by atoms with Crippen LogP contribution in [0.15, 0.2) is 0 Å². The van der Waals surface area contributed by atoms with Gasteiger partial charge in [-0.25, -0.2) is 0 Å². The summed E-state index contributed by atoms with van der Waals surface area (Å²) in [5, 5.41) is 2.80. The van der Waals surface area contributed by atoms with Crippen molar-refractivity contribution in [1.29, 1.82) is 0 Å². The van der Waals surface area contributed by atoms with Gasteiger partial charge in [0.05, 0.1) is 6.54 Å². The Hall–Kier alpha value is -1.06. The molecular formula is C14H24N2O2. The molecule has 0 radical (unpaired) electrons.